The Bertz CT molecular complexity index is 529. The SMILES string of the molecule is CCCC1(C(=O)O)CCCN1Cc1c(Cl)c(C)nn1CC. The van der Waals surface area contributed by atoms with Crippen molar-refractivity contribution in [3.8, 4) is 0 Å². The number of nitrogens with zero attached hydrogens (tertiary/aromatic N) is 3. The van der Waals surface area contributed by atoms with Crippen LogP contribution in [0.25, 0.3) is 0 Å². The zero-order chi connectivity index (χ0) is 15.6. The summed E-state index contributed by atoms with van der Waals surface area (Å²) in [5, 5.41) is 14.8. The molecule has 118 valence electrons. The third-order valence-electron chi connectivity index (χ3n) is 4.48. The first kappa shape index (κ1) is 16.3. The number of likely N-dealkylation sites (tertiary alicyclic amines) is 1. The molecule has 0 amide bonds. The van der Waals surface area contributed by atoms with Crippen LogP contribution in [0.3, 0.4) is 0 Å². The number of rotatable bonds is 6. The van der Waals surface area contributed by atoms with E-state index >= 15 is 0 Å². The fourth-order valence-corrected chi connectivity index (χ4v) is 3.61. The number of carboxylic acids is 1. The molecular formula is C15H24ClN3O2. The second-order valence-corrected chi connectivity index (χ2v) is 6.15. The number of aryl methyl sites for hydroxylation is 2. The van der Waals surface area contributed by atoms with Crippen LogP contribution in [0.2, 0.25) is 5.02 Å². The molecule has 1 saturated heterocycles. The number of hydrogen-bond donors (Lipinski definition) is 1. The van der Waals surface area contributed by atoms with Gasteiger partial charge < -0.3 is 5.11 Å². The van der Waals surface area contributed by atoms with E-state index in [4.69, 9.17) is 11.6 Å². The first-order chi connectivity index (χ1) is 9.96. The van der Waals surface area contributed by atoms with Crippen molar-refractivity contribution < 1.29 is 9.90 Å². The summed E-state index contributed by atoms with van der Waals surface area (Å²) in [7, 11) is 0. The number of hydrogen-bond acceptors (Lipinski definition) is 3. The number of carboxylic acid groups (broad SMARTS) is 1. The van der Waals surface area contributed by atoms with Gasteiger partial charge in [-0.25, -0.2) is 0 Å². The van der Waals surface area contributed by atoms with Crippen molar-refractivity contribution in [2.75, 3.05) is 6.54 Å². The number of carbonyl (C=O) groups is 1. The Morgan fingerprint density at radius 1 is 1.48 bits per heavy atom. The van der Waals surface area contributed by atoms with Gasteiger partial charge in [0.15, 0.2) is 0 Å². The molecular weight excluding hydrogens is 290 g/mol. The van der Waals surface area contributed by atoms with Crippen molar-refractivity contribution >= 4 is 17.6 Å². The second kappa shape index (κ2) is 6.36. The van der Waals surface area contributed by atoms with Crippen molar-refractivity contribution in [3.63, 3.8) is 0 Å². The second-order valence-electron chi connectivity index (χ2n) is 5.77. The average Bonchev–Trinajstić information content (AvgIpc) is 2.96. The van der Waals surface area contributed by atoms with Gasteiger partial charge in [-0.3, -0.25) is 14.4 Å². The highest BCUT2D eigenvalue weighted by atomic mass is 35.5. The highest BCUT2D eigenvalue weighted by Crippen LogP contribution is 2.36. The maximum Gasteiger partial charge on any atom is 0.324 e. The zero-order valence-corrected chi connectivity index (χ0v) is 13.8. The van der Waals surface area contributed by atoms with Gasteiger partial charge in [0.2, 0.25) is 0 Å². The summed E-state index contributed by atoms with van der Waals surface area (Å²) in [5.41, 5.74) is 0.999. The minimum absolute atomic E-state index is 0.555. The first-order valence-electron chi connectivity index (χ1n) is 7.66. The minimum atomic E-state index is -0.741. The molecule has 1 N–H and O–H groups in total. The van der Waals surface area contributed by atoms with Crippen LogP contribution in [0.4, 0.5) is 0 Å². The lowest BCUT2D eigenvalue weighted by Crippen LogP contribution is -2.50. The van der Waals surface area contributed by atoms with Crippen LogP contribution >= 0.6 is 11.6 Å². The molecule has 1 atom stereocenters. The van der Waals surface area contributed by atoms with E-state index < -0.39 is 11.5 Å². The quantitative estimate of drug-likeness (QED) is 0.877. The molecule has 0 radical (unpaired) electrons. The maximum absolute atomic E-state index is 11.9. The van der Waals surface area contributed by atoms with Gasteiger partial charge in [-0.15, -0.1) is 0 Å². The fourth-order valence-electron chi connectivity index (χ4n) is 3.41. The molecule has 5 nitrogen and oxygen atoms in total. The summed E-state index contributed by atoms with van der Waals surface area (Å²) < 4.78 is 1.88. The summed E-state index contributed by atoms with van der Waals surface area (Å²) in [6.45, 7) is 8.04. The molecule has 1 aliphatic rings. The molecule has 2 heterocycles. The number of aromatic nitrogens is 2. The van der Waals surface area contributed by atoms with E-state index in [1.54, 1.807) is 0 Å². The van der Waals surface area contributed by atoms with E-state index in [-0.39, 0.29) is 0 Å². The normalized spacial score (nSPS) is 22.9. The molecule has 6 heteroatoms. The van der Waals surface area contributed by atoms with Crippen molar-refractivity contribution in [1.29, 1.82) is 0 Å². The van der Waals surface area contributed by atoms with Crippen molar-refractivity contribution in [1.82, 2.24) is 14.7 Å². The van der Waals surface area contributed by atoms with E-state index in [0.29, 0.717) is 24.4 Å². The molecule has 1 aromatic rings. The molecule has 2 rings (SSSR count). The topological polar surface area (TPSA) is 58.4 Å². The van der Waals surface area contributed by atoms with Crippen LogP contribution in [0.5, 0.6) is 0 Å². The molecule has 1 aromatic heterocycles. The molecule has 0 saturated carbocycles. The number of halogens is 1. The lowest BCUT2D eigenvalue weighted by Gasteiger charge is -2.34. The maximum atomic E-state index is 11.9. The minimum Gasteiger partial charge on any atom is -0.480 e. The standard InChI is InChI=1S/C15H24ClN3O2/c1-4-7-15(14(20)21)8-6-9-18(15)10-12-13(16)11(3)17-19(12)5-2/h4-10H2,1-3H3,(H,20,21). The molecule has 0 bridgehead atoms. The van der Waals surface area contributed by atoms with Crippen molar-refractivity contribution in [3.05, 3.63) is 16.4 Å². The summed E-state index contributed by atoms with van der Waals surface area (Å²) in [5.74, 6) is -0.711. The monoisotopic (exact) mass is 313 g/mol. The van der Waals surface area contributed by atoms with Crippen LogP contribution in [0, 0.1) is 6.92 Å². The van der Waals surface area contributed by atoms with Crippen LogP contribution in [0.1, 0.15) is 50.9 Å². The van der Waals surface area contributed by atoms with Gasteiger partial charge in [0.25, 0.3) is 0 Å². The molecule has 0 aromatic carbocycles. The molecule has 0 aliphatic carbocycles. The Kier molecular flexibility index (Phi) is 4.94. The highest BCUT2D eigenvalue weighted by molar-refractivity contribution is 6.31. The van der Waals surface area contributed by atoms with Crippen molar-refractivity contribution in [2.45, 2.75) is 65.1 Å². The Balaban J connectivity index is 2.31. The Hall–Kier alpha value is -1.07. The van der Waals surface area contributed by atoms with Crippen molar-refractivity contribution in [2.24, 2.45) is 0 Å². The van der Waals surface area contributed by atoms with E-state index in [1.807, 2.05) is 25.5 Å². The first-order valence-corrected chi connectivity index (χ1v) is 8.04. The Morgan fingerprint density at radius 2 is 2.19 bits per heavy atom. The van der Waals surface area contributed by atoms with Gasteiger partial charge in [-0.1, -0.05) is 24.9 Å². The van der Waals surface area contributed by atoms with E-state index in [1.165, 1.54) is 0 Å². The van der Waals surface area contributed by atoms with Crippen LogP contribution in [-0.4, -0.2) is 37.8 Å². The average molecular weight is 314 g/mol. The Morgan fingerprint density at radius 3 is 2.76 bits per heavy atom. The summed E-state index contributed by atoms with van der Waals surface area (Å²) in [6.07, 6.45) is 3.18. The number of aliphatic carboxylic acids is 1. The van der Waals surface area contributed by atoms with Crippen LogP contribution in [-0.2, 0) is 17.9 Å². The predicted octanol–water partition coefficient (Wildman–Crippen LogP) is 3.08. The lowest BCUT2D eigenvalue weighted by molar-refractivity contribution is -0.150. The molecule has 1 fully saturated rings. The fraction of sp³-hybridized carbons (Fsp3) is 0.733. The van der Waals surface area contributed by atoms with Gasteiger partial charge in [0, 0.05) is 13.1 Å². The zero-order valence-electron chi connectivity index (χ0n) is 13.0. The van der Waals surface area contributed by atoms with Gasteiger partial charge in [-0.05, 0) is 39.7 Å². The van der Waals surface area contributed by atoms with Crippen LogP contribution < -0.4 is 0 Å². The molecule has 1 aliphatic heterocycles. The molecule has 21 heavy (non-hydrogen) atoms. The highest BCUT2D eigenvalue weighted by Gasteiger charge is 2.47. The lowest BCUT2D eigenvalue weighted by atomic mass is 9.90. The van der Waals surface area contributed by atoms with E-state index in [9.17, 15) is 9.90 Å². The van der Waals surface area contributed by atoms with Crippen LogP contribution in [0.15, 0.2) is 0 Å². The summed E-state index contributed by atoms with van der Waals surface area (Å²) in [4.78, 5) is 13.9. The van der Waals surface area contributed by atoms with Gasteiger partial charge in [0.1, 0.15) is 5.54 Å². The summed E-state index contributed by atoms with van der Waals surface area (Å²) in [6, 6.07) is 0. The molecule has 0 spiro atoms. The van der Waals surface area contributed by atoms with Gasteiger partial charge >= 0.3 is 5.97 Å². The Labute approximate surface area is 130 Å². The van der Waals surface area contributed by atoms with Gasteiger partial charge in [0.05, 0.1) is 16.4 Å². The smallest absolute Gasteiger partial charge is 0.324 e. The third kappa shape index (κ3) is 2.81. The summed E-state index contributed by atoms with van der Waals surface area (Å²) >= 11 is 6.36. The van der Waals surface area contributed by atoms with E-state index in [0.717, 1.165) is 37.3 Å². The van der Waals surface area contributed by atoms with E-state index in [2.05, 4.69) is 10.00 Å². The predicted molar refractivity (Wildman–Crippen MR) is 82.6 cm³/mol. The third-order valence-corrected chi connectivity index (χ3v) is 4.97. The molecule has 1 unspecified atom stereocenters. The largest absolute Gasteiger partial charge is 0.480 e. The van der Waals surface area contributed by atoms with Gasteiger partial charge in [-0.2, -0.15) is 5.10 Å².